The smallest absolute Gasteiger partial charge is 0.256 e. The second-order valence-electron chi connectivity index (χ2n) is 8.54. The molecule has 2 heterocycles. The van der Waals surface area contributed by atoms with Crippen LogP contribution in [0.1, 0.15) is 28.8 Å². The molecule has 0 spiro atoms. The van der Waals surface area contributed by atoms with Gasteiger partial charge < -0.3 is 14.7 Å². The standard InChI is InChI=1S/C27H23F2N3O2S/c28-21-17-23(31-35-24-10-4-6-18-7-5-13-30-25(18)24)22(29)16-20(21)26(33)32-14-11-27(34,12-15-32)19-8-2-1-3-9-19/h1-10,13,16-17,31,34H,11-12,14-15H2. The molecule has 1 aliphatic heterocycles. The Hall–Kier alpha value is -3.49. The first-order chi connectivity index (χ1) is 16.9. The van der Waals surface area contributed by atoms with Crippen molar-refractivity contribution in [2.24, 2.45) is 0 Å². The Morgan fingerprint density at radius 2 is 1.71 bits per heavy atom. The van der Waals surface area contributed by atoms with Gasteiger partial charge in [0.15, 0.2) is 0 Å². The van der Waals surface area contributed by atoms with Crippen LogP contribution in [0.25, 0.3) is 10.9 Å². The molecule has 4 aromatic rings. The number of aromatic nitrogens is 1. The van der Waals surface area contributed by atoms with E-state index in [1.54, 1.807) is 6.20 Å². The largest absolute Gasteiger partial charge is 0.385 e. The van der Waals surface area contributed by atoms with E-state index < -0.39 is 23.1 Å². The number of carbonyl (C=O) groups excluding carboxylic acids is 1. The lowest BCUT2D eigenvalue weighted by molar-refractivity contribution is -0.0212. The molecule has 1 saturated heterocycles. The Morgan fingerprint density at radius 1 is 0.971 bits per heavy atom. The first kappa shape index (κ1) is 23.3. The summed E-state index contributed by atoms with van der Waals surface area (Å²) < 4.78 is 32.6. The van der Waals surface area contributed by atoms with Gasteiger partial charge in [-0.15, -0.1) is 0 Å². The number of para-hydroxylation sites is 1. The molecular formula is C27H23F2N3O2S. The number of likely N-dealkylation sites (tertiary alicyclic amines) is 1. The van der Waals surface area contributed by atoms with Gasteiger partial charge in [0, 0.05) is 30.7 Å². The molecule has 1 aromatic heterocycles. The summed E-state index contributed by atoms with van der Waals surface area (Å²) in [4.78, 5) is 19.5. The van der Waals surface area contributed by atoms with E-state index in [0.717, 1.165) is 45.4 Å². The van der Waals surface area contributed by atoms with Crippen molar-refractivity contribution in [3.8, 4) is 0 Å². The number of benzene rings is 3. The van der Waals surface area contributed by atoms with E-state index in [0.29, 0.717) is 12.8 Å². The highest BCUT2D eigenvalue weighted by Crippen LogP contribution is 2.34. The van der Waals surface area contributed by atoms with Crippen LogP contribution in [-0.4, -0.2) is 34.0 Å². The summed E-state index contributed by atoms with van der Waals surface area (Å²) in [5.74, 6) is -2.12. The number of piperidine rings is 1. The number of hydrogen-bond acceptors (Lipinski definition) is 5. The summed E-state index contributed by atoms with van der Waals surface area (Å²) in [6, 6.07) is 20.6. The molecule has 0 saturated carbocycles. The van der Waals surface area contributed by atoms with Crippen LogP contribution in [0, 0.1) is 11.6 Å². The molecule has 1 aliphatic rings. The third kappa shape index (κ3) is 4.72. The van der Waals surface area contributed by atoms with E-state index in [1.165, 1.54) is 4.90 Å². The molecule has 3 aromatic carbocycles. The van der Waals surface area contributed by atoms with Gasteiger partial charge in [-0.05, 0) is 48.6 Å². The topological polar surface area (TPSA) is 65.5 Å². The molecule has 5 rings (SSSR count). The van der Waals surface area contributed by atoms with Gasteiger partial charge in [-0.25, -0.2) is 8.78 Å². The van der Waals surface area contributed by atoms with Gasteiger partial charge in [0.1, 0.15) is 11.6 Å². The van der Waals surface area contributed by atoms with E-state index in [1.807, 2.05) is 60.7 Å². The van der Waals surface area contributed by atoms with E-state index in [-0.39, 0.29) is 24.3 Å². The fourth-order valence-electron chi connectivity index (χ4n) is 4.34. The zero-order valence-corrected chi connectivity index (χ0v) is 19.6. The number of nitrogens with one attached hydrogen (secondary N) is 1. The number of amides is 1. The first-order valence-electron chi connectivity index (χ1n) is 11.3. The van der Waals surface area contributed by atoms with Gasteiger partial charge in [-0.1, -0.05) is 48.5 Å². The van der Waals surface area contributed by atoms with Gasteiger partial charge in [0.2, 0.25) is 0 Å². The summed E-state index contributed by atoms with van der Waals surface area (Å²) in [5.41, 5.74) is 0.118. The van der Waals surface area contributed by atoms with Gasteiger partial charge in [0.25, 0.3) is 5.91 Å². The third-order valence-electron chi connectivity index (χ3n) is 6.34. The highest BCUT2D eigenvalue weighted by molar-refractivity contribution is 8.00. The van der Waals surface area contributed by atoms with Crippen molar-refractivity contribution in [3.05, 3.63) is 102 Å². The van der Waals surface area contributed by atoms with Crippen molar-refractivity contribution in [2.45, 2.75) is 23.3 Å². The summed E-state index contributed by atoms with van der Waals surface area (Å²) in [7, 11) is 0. The molecule has 0 aliphatic carbocycles. The summed E-state index contributed by atoms with van der Waals surface area (Å²) in [5, 5.41) is 11.9. The molecule has 0 unspecified atom stereocenters. The highest BCUT2D eigenvalue weighted by Gasteiger charge is 2.36. The van der Waals surface area contributed by atoms with Crippen molar-refractivity contribution in [1.82, 2.24) is 9.88 Å². The number of anilines is 1. The molecule has 178 valence electrons. The number of fused-ring (bicyclic) bond motifs is 1. The van der Waals surface area contributed by atoms with E-state index in [2.05, 4.69) is 9.71 Å². The fourth-order valence-corrected chi connectivity index (χ4v) is 5.13. The number of rotatable bonds is 5. The lowest BCUT2D eigenvalue weighted by Crippen LogP contribution is -2.45. The zero-order chi connectivity index (χ0) is 24.4. The maximum Gasteiger partial charge on any atom is 0.256 e. The molecule has 1 amide bonds. The number of nitrogens with zero attached hydrogens (tertiary/aromatic N) is 2. The molecule has 8 heteroatoms. The lowest BCUT2D eigenvalue weighted by Gasteiger charge is -2.38. The second-order valence-corrected chi connectivity index (χ2v) is 9.39. The van der Waals surface area contributed by atoms with Gasteiger partial charge in [0.05, 0.1) is 27.3 Å². The number of carbonyl (C=O) groups is 1. The maximum absolute atomic E-state index is 14.9. The van der Waals surface area contributed by atoms with Crippen LogP contribution in [0.15, 0.2) is 83.9 Å². The van der Waals surface area contributed by atoms with Crippen molar-refractivity contribution >= 4 is 34.4 Å². The van der Waals surface area contributed by atoms with Crippen molar-refractivity contribution in [3.63, 3.8) is 0 Å². The molecule has 0 radical (unpaired) electrons. The normalized spacial score (nSPS) is 15.2. The van der Waals surface area contributed by atoms with E-state index >= 15 is 0 Å². The molecule has 0 atom stereocenters. The Morgan fingerprint density at radius 3 is 2.49 bits per heavy atom. The maximum atomic E-state index is 14.9. The number of aliphatic hydroxyl groups is 1. The van der Waals surface area contributed by atoms with Crippen LogP contribution in [0.3, 0.4) is 0 Å². The SMILES string of the molecule is O=C(c1cc(F)c(NSc2cccc3cccnc23)cc1F)N1CCC(O)(c2ccccc2)CC1. The molecule has 35 heavy (non-hydrogen) atoms. The van der Waals surface area contributed by atoms with Crippen LogP contribution < -0.4 is 4.72 Å². The predicted octanol–water partition coefficient (Wildman–Crippen LogP) is 5.76. The van der Waals surface area contributed by atoms with E-state index in [9.17, 15) is 18.7 Å². The zero-order valence-electron chi connectivity index (χ0n) is 18.7. The fraction of sp³-hybridized carbons (Fsp3) is 0.185. The average Bonchev–Trinajstić information content (AvgIpc) is 2.89. The van der Waals surface area contributed by atoms with Crippen molar-refractivity contribution in [2.75, 3.05) is 17.8 Å². The lowest BCUT2D eigenvalue weighted by atomic mass is 9.84. The van der Waals surface area contributed by atoms with Crippen LogP contribution in [0.4, 0.5) is 14.5 Å². The Bertz CT molecular complexity index is 1370. The molecule has 1 fully saturated rings. The molecular weight excluding hydrogens is 468 g/mol. The Labute approximate surface area is 205 Å². The summed E-state index contributed by atoms with van der Waals surface area (Å²) in [6.45, 7) is 0.491. The van der Waals surface area contributed by atoms with Crippen LogP contribution in [0.5, 0.6) is 0 Å². The number of hydrogen-bond donors (Lipinski definition) is 2. The van der Waals surface area contributed by atoms with Crippen LogP contribution in [0.2, 0.25) is 0 Å². The van der Waals surface area contributed by atoms with Crippen LogP contribution >= 0.6 is 11.9 Å². The minimum atomic E-state index is -1.04. The van der Waals surface area contributed by atoms with Gasteiger partial charge >= 0.3 is 0 Å². The van der Waals surface area contributed by atoms with Gasteiger partial charge in [-0.3, -0.25) is 9.78 Å². The minimum absolute atomic E-state index is 0.0610. The predicted molar refractivity (Wildman–Crippen MR) is 133 cm³/mol. The molecule has 0 bridgehead atoms. The summed E-state index contributed by atoms with van der Waals surface area (Å²) in [6.07, 6.45) is 2.32. The van der Waals surface area contributed by atoms with Crippen molar-refractivity contribution < 1.29 is 18.7 Å². The third-order valence-corrected chi connectivity index (χ3v) is 7.21. The quantitative estimate of drug-likeness (QED) is 0.348. The Kier molecular flexibility index (Phi) is 6.40. The second kappa shape index (κ2) is 9.64. The first-order valence-corrected chi connectivity index (χ1v) is 12.1. The number of pyridine rings is 1. The monoisotopic (exact) mass is 491 g/mol. The van der Waals surface area contributed by atoms with Crippen LogP contribution in [-0.2, 0) is 5.60 Å². The Balaban J connectivity index is 1.28. The molecule has 5 nitrogen and oxygen atoms in total. The molecule has 2 N–H and O–H groups in total. The van der Waals surface area contributed by atoms with Gasteiger partial charge in [-0.2, -0.15) is 0 Å². The number of halogens is 2. The minimum Gasteiger partial charge on any atom is -0.385 e. The van der Waals surface area contributed by atoms with E-state index in [4.69, 9.17) is 0 Å². The van der Waals surface area contributed by atoms with Crippen molar-refractivity contribution in [1.29, 1.82) is 0 Å². The highest BCUT2D eigenvalue weighted by atomic mass is 32.2. The average molecular weight is 492 g/mol. The summed E-state index contributed by atoms with van der Waals surface area (Å²) >= 11 is 1.12.